The first kappa shape index (κ1) is 18.3. The molecule has 24 heavy (non-hydrogen) atoms. The topological polar surface area (TPSA) is 56.3 Å². The first-order chi connectivity index (χ1) is 11.5. The molecule has 6 heteroatoms. The molecule has 0 N–H and O–H groups in total. The molecule has 1 aromatic heterocycles. The van der Waals surface area contributed by atoms with Crippen LogP contribution in [-0.4, -0.2) is 23.8 Å². The molecule has 4 nitrogen and oxygen atoms in total. The van der Waals surface area contributed by atoms with Gasteiger partial charge in [-0.25, -0.2) is 4.39 Å². The molecular formula is C18H17BrFNO3. The quantitative estimate of drug-likeness (QED) is 0.675. The second-order valence-corrected chi connectivity index (χ2v) is 6.32. The van der Waals surface area contributed by atoms with E-state index >= 15 is 0 Å². The summed E-state index contributed by atoms with van der Waals surface area (Å²) in [6.45, 7) is 0. The average molecular weight is 394 g/mol. The zero-order valence-corrected chi connectivity index (χ0v) is 14.8. The zero-order valence-electron chi connectivity index (χ0n) is 13.2. The zero-order chi connectivity index (χ0) is 17.5. The maximum absolute atomic E-state index is 13.8. The van der Waals surface area contributed by atoms with Gasteiger partial charge < -0.3 is 4.74 Å². The van der Waals surface area contributed by atoms with Gasteiger partial charge in [-0.3, -0.25) is 14.6 Å². The van der Waals surface area contributed by atoms with E-state index in [4.69, 9.17) is 4.74 Å². The van der Waals surface area contributed by atoms with Gasteiger partial charge in [0.05, 0.1) is 13.0 Å². The molecule has 0 radical (unpaired) electrons. The predicted molar refractivity (Wildman–Crippen MR) is 90.9 cm³/mol. The fourth-order valence-electron chi connectivity index (χ4n) is 2.40. The lowest BCUT2D eigenvalue weighted by Crippen LogP contribution is -2.23. The molecular weight excluding hydrogens is 377 g/mol. The molecule has 0 amide bonds. The minimum absolute atomic E-state index is 0.0151. The van der Waals surface area contributed by atoms with Gasteiger partial charge in [-0.2, -0.15) is 0 Å². The minimum Gasteiger partial charge on any atom is -0.469 e. The van der Waals surface area contributed by atoms with Crippen molar-refractivity contribution in [2.24, 2.45) is 5.92 Å². The summed E-state index contributed by atoms with van der Waals surface area (Å²) in [5.41, 5.74) is 1.01. The molecule has 0 saturated heterocycles. The number of rotatable bonds is 7. The van der Waals surface area contributed by atoms with Crippen molar-refractivity contribution >= 4 is 27.7 Å². The summed E-state index contributed by atoms with van der Waals surface area (Å²) in [6, 6.07) is 9.93. The Morgan fingerprint density at radius 1 is 1.29 bits per heavy atom. The van der Waals surface area contributed by atoms with Crippen molar-refractivity contribution in [2.45, 2.75) is 19.3 Å². The Bertz CT molecular complexity index is 721. The summed E-state index contributed by atoms with van der Waals surface area (Å²) in [5.74, 6) is -1.76. The molecule has 0 bridgehead atoms. The number of methoxy groups -OCH3 is 1. The summed E-state index contributed by atoms with van der Waals surface area (Å²) in [7, 11) is 1.28. The maximum Gasteiger partial charge on any atom is 0.309 e. The van der Waals surface area contributed by atoms with Crippen LogP contribution in [0.25, 0.3) is 0 Å². The fourth-order valence-corrected chi connectivity index (χ4v) is 2.73. The number of pyridine rings is 1. The SMILES string of the molecule is COC(=O)[C@H](CC(=O)Cc1ccc(Br)cc1F)Cc1ccccn1. The number of halogens is 2. The number of carbonyl (C=O) groups is 2. The third kappa shape index (κ3) is 5.23. The second kappa shape index (κ2) is 8.68. The number of aromatic nitrogens is 1. The van der Waals surface area contributed by atoms with E-state index in [1.54, 1.807) is 30.5 Å². The predicted octanol–water partition coefficient (Wildman–Crippen LogP) is 3.52. The summed E-state index contributed by atoms with van der Waals surface area (Å²) in [6.07, 6.45) is 1.86. The van der Waals surface area contributed by atoms with E-state index in [0.717, 1.165) is 0 Å². The van der Waals surface area contributed by atoms with Gasteiger partial charge in [-0.15, -0.1) is 0 Å². The molecule has 1 heterocycles. The van der Waals surface area contributed by atoms with E-state index in [0.29, 0.717) is 22.2 Å². The van der Waals surface area contributed by atoms with Gasteiger partial charge in [0, 0.05) is 35.6 Å². The van der Waals surface area contributed by atoms with Crippen LogP contribution in [0.1, 0.15) is 17.7 Å². The number of hydrogen-bond acceptors (Lipinski definition) is 4. The number of ketones is 1. The standard InChI is InChI=1S/C18H17BrFNO3/c1-24-18(23)13(8-15-4-2-3-7-21-15)10-16(22)9-12-5-6-14(19)11-17(12)20/h2-7,11,13H,8-10H2,1H3/t13-/m0/s1. The highest BCUT2D eigenvalue weighted by molar-refractivity contribution is 9.10. The lowest BCUT2D eigenvalue weighted by molar-refractivity contribution is -0.147. The van der Waals surface area contributed by atoms with Gasteiger partial charge in [0.25, 0.3) is 0 Å². The van der Waals surface area contributed by atoms with Gasteiger partial charge in [-0.1, -0.05) is 28.1 Å². The summed E-state index contributed by atoms with van der Waals surface area (Å²) >= 11 is 3.18. The maximum atomic E-state index is 13.8. The highest BCUT2D eigenvalue weighted by Crippen LogP contribution is 2.19. The Morgan fingerprint density at radius 2 is 2.08 bits per heavy atom. The smallest absolute Gasteiger partial charge is 0.309 e. The van der Waals surface area contributed by atoms with Crippen molar-refractivity contribution in [3.8, 4) is 0 Å². The fraction of sp³-hybridized carbons (Fsp3) is 0.278. The lowest BCUT2D eigenvalue weighted by Gasteiger charge is -2.13. The first-order valence-electron chi connectivity index (χ1n) is 7.43. The van der Waals surface area contributed by atoms with Gasteiger partial charge in [-0.05, 0) is 29.8 Å². The summed E-state index contributed by atoms with van der Waals surface area (Å²) in [4.78, 5) is 28.4. The second-order valence-electron chi connectivity index (χ2n) is 5.40. The number of Topliss-reactive ketones (excluding diaryl/α,β-unsaturated/α-hetero) is 1. The lowest BCUT2D eigenvalue weighted by atomic mass is 9.94. The van der Waals surface area contributed by atoms with Crippen molar-refractivity contribution in [1.29, 1.82) is 0 Å². The summed E-state index contributed by atoms with van der Waals surface area (Å²) < 4.78 is 19.2. The van der Waals surface area contributed by atoms with Crippen LogP contribution in [0.3, 0.4) is 0 Å². The molecule has 2 aromatic rings. The number of nitrogens with zero attached hydrogens (tertiary/aromatic N) is 1. The van der Waals surface area contributed by atoms with Crippen LogP contribution in [0, 0.1) is 11.7 Å². The van der Waals surface area contributed by atoms with Crippen molar-refractivity contribution < 1.29 is 18.7 Å². The van der Waals surface area contributed by atoms with Crippen LogP contribution in [0.2, 0.25) is 0 Å². The van der Waals surface area contributed by atoms with Gasteiger partial charge in [0.1, 0.15) is 11.6 Å². The van der Waals surface area contributed by atoms with Crippen molar-refractivity contribution in [1.82, 2.24) is 4.98 Å². The molecule has 0 unspecified atom stereocenters. The number of hydrogen-bond donors (Lipinski definition) is 0. The van der Waals surface area contributed by atoms with Gasteiger partial charge in [0.2, 0.25) is 0 Å². The Balaban J connectivity index is 2.05. The van der Waals surface area contributed by atoms with Crippen LogP contribution < -0.4 is 0 Å². The Hall–Kier alpha value is -2.08. The third-order valence-corrected chi connectivity index (χ3v) is 4.09. The molecule has 126 valence electrons. The highest BCUT2D eigenvalue weighted by Gasteiger charge is 2.24. The Labute approximate surface area is 148 Å². The summed E-state index contributed by atoms with van der Waals surface area (Å²) in [5, 5.41) is 0. The number of benzene rings is 1. The highest BCUT2D eigenvalue weighted by atomic mass is 79.9. The number of esters is 1. The van der Waals surface area contributed by atoms with E-state index in [1.807, 2.05) is 6.07 Å². The van der Waals surface area contributed by atoms with Gasteiger partial charge in [0.15, 0.2) is 0 Å². The number of carbonyl (C=O) groups excluding carboxylic acids is 2. The Kier molecular flexibility index (Phi) is 6.61. The van der Waals surface area contributed by atoms with E-state index in [2.05, 4.69) is 20.9 Å². The van der Waals surface area contributed by atoms with E-state index in [9.17, 15) is 14.0 Å². The normalized spacial score (nSPS) is 11.8. The van der Waals surface area contributed by atoms with Crippen LogP contribution in [0.5, 0.6) is 0 Å². The van der Waals surface area contributed by atoms with E-state index < -0.39 is 17.7 Å². The monoisotopic (exact) mass is 393 g/mol. The molecule has 0 spiro atoms. The molecule has 1 atom stereocenters. The van der Waals surface area contributed by atoms with Crippen LogP contribution in [-0.2, 0) is 27.2 Å². The molecule has 0 aliphatic rings. The largest absolute Gasteiger partial charge is 0.469 e. The Morgan fingerprint density at radius 3 is 2.71 bits per heavy atom. The molecule has 0 saturated carbocycles. The van der Waals surface area contributed by atoms with Crippen LogP contribution in [0.15, 0.2) is 47.1 Å². The van der Waals surface area contributed by atoms with E-state index in [1.165, 1.54) is 13.2 Å². The average Bonchev–Trinajstić information content (AvgIpc) is 2.57. The number of ether oxygens (including phenoxy) is 1. The molecule has 0 fully saturated rings. The minimum atomic E-state index is -0.629. The van der Waals surface area contributed by atoms with Crippen LogP contribution in [0.4, 0.5) is 4.39 Å². The molecule has 1 aromatic carbocycles. The van der Waals surface area contributed by atoms with Gasteiger partial charge >= 0.3 is 5.97 Å². The van der Waals surface area contributed by atoms with Crippen molar-refractivity contribution in [2.75, 3.05) is 7.11 Å². The van der Waals surface area contributed by atoms with Crippen LogP contribution >= 0.6 is 15.9 Å². The third-order valence-electron chi connectivity index (χ3n) is 3.59. The van der Waals surface area contributed by atoms with E-state index in [-0.39, 0.29) is 18.6 Å². The van der Waals surface area contributed by atoms with Crippen molar-refractivity contribution in [3.63, 3.8) is 0 Å². The molecule has 0 aliphatic carbocycles. The first-order valence-corrected chi connectivity index (χ1v) is 8.22. The van der Waals surface area contributed by atoms with Crippen molar-refractivity contribution in [3.05, 3.63) is 64.1 Å². The molecule has 0 aliphatic heterocycles. The molecule has 2 rings (SSSR count).